The van der Waals surface area contributed by atoms with Crippen LogP contribution in [0.15, 0.2) is 50.0 Å². The first-order chi connectivity index (χ1) is 14.8. The maximum atomic E-state index is 12.6. The topological polar surface area (TPSA) is 154 Å². The van der Waals surface area contributed by atoms with Gasteiger partial charge in [0.25, 0.3) is 11.4 Å². The Hall–Kier alpha value is -4.53. The van der Waals surface area contributed by atoms with Crippen molar-refractivity contribution < 1.29 is 39.1 Å². The van der Waals surface area contributed by atoms with Gasteiger partial charge in [0.15, 0.2) is 34.7 Å². The van der Waals surface area contributed by atoms with Crippen LogP contribution in [0.1, 0.15) is 17.4 Å². The summed E-state index contributed by atoms with van der Waals surface area (Å²) in [5.74, 6) is -1.79. The summed E-state index contributed by atoms with van der Waals surface area (Å²) >= 11 is 0. The molecule has 0 amide bonds. The number of hydrogen-bond acceptors (Lipinski definition) is 9. The van der Waals surface area contributed by atoms with E-state index >= 15 is 0 Å². The molecule has 1 unspecified atom stereocenters. The minimum atomic E-state index is -1.01. The predicted octanol–water partition coefficient (Wildman–Crippen LogP) is 3.70. The van der Waals surface area contributed by atoms with Gasteiger partial charge in [-0.25, -0.2) is 0 Å². The Bertz CT molecular complexity index is 1640. The Morgan fingerprint density at radius 2 is 1.58 bits per heavy atom. The normalized spacial score (nSPS) is 15.2. The van der Waals surface area contributed by atoms with Crippen molar-refractivity contribution >= 4 is 32.7 Å². The highest BCUT2D eigenvalue weighted by Crippen LogP contribution is 2.51. The SMILES string of the molecule is O=c1c(O)cc2c(O)oc3c4c5c(cc(O)cc5oc1c24)OC3c1ccc(O)c(O)c1. The molecule has 0 saturated heterocycles. The Kier molecular flexibility index (Phi) is 3.10. The van der Waals surface area contributed by atoms with E-state index in [0.29, 0.717) is 16.3 Å². The molecule has 1 aliphatic rings. The van der Waals surface area contributed by atoms with Gasteiger partial charge in [-0.3, -0.25) is 4.79 Å². The van der Waals surface area contributed by atoms with Gasteiger partial charge in [-0.2, -0.15) is 0 Å². The van der Waals surface area contributed by atoms with E-state index in [1.165, 1.54) is 30.3 Å². The molecule has 0 aliphatic carbocycles. The van der Waals surface area contributed by atoms with Gasteiger partial charge in [0.1, 0.15) is 17.1 Å². The molecule has 0 fully saturated rings. The molecule has 3 aromatic carbocycles. The fourth-order valence-electron chi connectivity index (χ4n) is 4.12. The zero-order valence-corrected chi connectivity index (χ0v) is 15.4. The molecule has 0 saturated carbocycles. The third kappa shape index (κ3) is 2.17. The number of phenols is 4. The molecule has 9 nitrogen and oxygen atoms in total. The summed E-state index contributed by atoms with van der Waals surface area (Å²) in [6.45, 7) is 0. The van der Waals surface area contributed by atoms with E-state index in [2.05, 4.69) is 0 Å². The van der Waals surface area contributed by atoms with Crippen LogP contribution in [-0.4, -0.2) is 25.5 Å². The standard InChI is InChI=1S/C22H12O9/c23-8-4-13-16-14(5-8)30-20-15-9(6-12(26)18(20)27)22(28)31-21(17(15)16)19(29-13)7-1-2-10(24)11(25)3-7/h1-6,19,23-26,28H. The molecule has 6 rings (SSSR count). The molecular weight excluding hydrogens is 408 g/mol. The molecule has 1 atom stereocenters. The molecule has 0 bridgehead atoms. The second-order valence-corrected chi connectivity index (χ2v) is 7.29. The molecule has 1 aliphatic heterocycles. The monoisotopic (exact) mass is 420 g/mol. The van der Waals surface area contributed by atoms with E-state index in [0.717, 1.165) is 6.07 Å². The molecule has 5 N–H and O–H groups in total. The van der Waals surface area contributed by atoms with Crippen LogP contribution >= 0.6 is 0 Å². The molecule has 0 radical (unpaired) electrons. The van der Waals surface area contributed by atoms with Crippen LogP contribution in [0.2, 0.25) is 0 Å². The first kappa shape index (κ1) is 17.3. The lowest BCUT2D eigenvalue weighted by molar-refractivity contribution is 0.197. The summed E-state index contributed by atoms with van der Waals surface area (Å²) in [4.78, 5) is 12.6. The first-order valence-electron chi connectivity index (χ1n) is 9.13. The van der Waals surface area contributed by atoms with E-state index in [9.17, 15) is 30.3 Å². The number of benzene rings is 3. The van der Waals surface area contributed by atoms with Gasteiger partial charge in [-0.05, 0) is 18.2 Å². The molecule has 2 aromatic heterocycles. The predicted molar refractivity (Wildman–Crippen MR) is 107 cm³/mol. The molecule has 3 heterocycles. The van der Waals surface area contributed by atoms with Crippen molar-refractivity contribution in [2.24, 2.45) is 0 Å². The van der Waals surface area contributed by atoms with E-state index in [-0.39, 0.29) is 44.9 Å². The summed E-state index contributed by atoms with van der Waals surface area (Å²) in [5.41, 5.74) is -0.531. The minimum Gasteiger partial charge on any atom is -0.508 e. The smallest absolute Gasteiger partial charge is 0.290 e. The number of phenolic OH excluding ortho intramolecular Hbond substituents is 4. The third-order valence-electron chi connectivity index (χ3n) is 5.45. The maximum Gasteiger partial charge on any atom is 0.290 e. The van der Waals surface area contributed by atoms with Crippen LogP contribution in [0.25, 0.3) is 32.7 Å². The molecule has 0 spiro atoms. The van der Waals surface area contributed by atoms with Crippen molar-refractivity contribution in [2.45, 2.75) is 6.10 Å². The van der Waals surface area contributed by atoms with Gasteiger partial charge in [-0.1, -0.05) is 6.07 Å². The third-order valence-corrected chi connectivity index (χ3v) is 5.45. The fraction of sp³-hybridized carbons (Fsp3) is 0.0455. The van der Waals surface area contributed by atoms with Crippen molar-refractivity contribution in [1.82, 2.24) is 0 Å². The maximum absolute atomic E-state index is 12.6. The van der Waals surface area contributed by atoms with Gasteiger partial charge < -0.3 is 39.1 Å². The van der Waals surface area contributed by atoms with Crippen molar-refractivity contribution in [2.75, 3.05) is 0 Å². The van der Waals surface area contributed by atoms with Gasteiger partial charge >= 0.3 is 0 Å². The van der Waals surface area contributed by atoms with Crippen LogP contribution in [0, 0.1) is 0 Å². The Labute approximate surface area is 171 Å². The summed E-state index contributed by atoms with van der Waals surface area (Å²) in [6, 6.07) is 7.78. The van der Waals surface area contributed by atoms with Gasteiger partial charge in [-0.15, -0.1) is 0 Å². The van der Waals surface area contributed by atoms with E-state index in [4.69, 9.17) is 13.6 Å². The quantitative estimate of drug-likeness (QED) is 0.155. The lowest BCUT2D eigenvalue weighted by Gasteiger charge is -2.27. The number of ether oxygens (including phenoxy) is 1. The van der Waals surface area contributed by atoms with Gasteiger partial charge in [0, 0.05) is 28.5 Å². The average molecular weight is 420 g/mol. The second kappa shape index (κ2) is 5.54. The minimum absolute atomic E-state index is 0.0599. The van der Waals surface area contributed by atoms with Crippen LogP contribution in [-0.2, 0) is 0 Å². The summed E-state index contributed by atoms with van der Waals surface area (Å²) in [6.07, 6.45) is -1.01. The van der Waals surface area contributed by atoms with Crippen molar-refractivity contribution in [3.63, 3.8) is 0 Å². The molecular formula is C22H12O9. The van der Waals surface area contributed by atoms with Gasteiger partial charge in [0.05, 0.1) is 10.8 Å². The van der Waals surface area contributed by atoms with Crippen LogP contribution in [0.5, 0.6) is 34.7 Å². The first-order valence-corrected chi connectivity index (χ1v) is 9.13. The Morgan fingerprint density at radius 1 is 0.774 bits per heavy atom. The highest BCUT2D eigenvalue weighted by Gasteiger charge is 2.34. The zero-order chi connectivity index (χ0) is 21.6. The van der Waals surface area contributed by atoms with E-state index in [1.54, 1.807) is 0 Å². The Morgan fingerprint density at radius 3 is 2.35 bits per heavy atom. The summed E-state index contributed by atoms with van der Waals surface area (Å²) < 4.78 is 17.4. The Balaban J connectivity index is 1.85. The van der Waals surface area contributed by atoms with Crippen LogP contribution < -0.4 is 10.2 Å². The van der Waals surface area contributed by atoms with Gasteiger partial charge in [0.2, 0.25) is 0 Å². The van der Waals surface area contributed by atoms with Crippen molar-refractivity contribution in [3.8, 4) is 34.7 Å². The average Bonchev–Trinajstić information content (AvgIpc) is 2.73. The molecule has 154 valence electrons. The lowest BCUT2D eigenvalue weighted by Crippen LogP contribution is -2.15. The highest BCUT2D eigenvalue weighted by atomic mass is 16.5. The number of aromatic hydroxyl groups is 5. The largest absolute Gasteiger partial charge is 0.508 e. The lowest BCUT2D eigenvalue weighted by atomic mass is 9.94. The molecule has 31 heavy (non-hydrogen) atoms. The number of rotatable bonds is 1. The second-order valence-electron chi connectivity index (χ2n) is 7.29. The highest BCUT2D eigenvalue weighted by molar-refractivity contribution is 6.21. The summed E-state index contributed by atoms with van der Waals surface area (Å²) in [7, 11) is 0. The van der Waals surface area contributed by atoms with Crippen LogP contribution in [0.3, 0.4) is 0 Å². The molecule has 9 heteroatoms. The van der Waals surface area contributed by atoms with Crippen molar-refractivity contribution in [1.29, 1.82) is 0 Å². The zero-order valence-electron chi connectivity index (χ0n) is 15.4. The van der Waals surface area contributed by atoms with Crippen LogP contribution in [0.4, 0.5) is 0 Å². The summed E-state index contributed by atoms with van der Waals surface area (Å²) in [5, 5.41) is 51.4. The van der Waals surface area contributed by atoms with E-state index < -0.39 is 29.0 Å². The molecule has 5 aromatic rings. The van der Waals surface area contributed by atoms with Crippen molar-refractivity contribution in [3.05, 3.63) is 57.9 Å². The fourth-order valence-corrected chi connectivity index (χ4v) is 4.12. The van der Waals surface area contributed by atoms with E-state index in [1.807, 2.05) is 0 Å². The number of hydrogen-bond donors (Lipinski definition) is 5.